The maximum absolute atomic E-state index is 11.4. The lowest BCUT2D eigenvalue weighted by molar-refractivity contribution is -0.173. The Morgan fingerprint density at radius 3 is 2.41 bits per heavy atom. The van der Waals surface area contributed by atoms with E-state index in [1.807, 2.05) is 0 Å². The maximum atomic E-state index is 11.4. The predicted octanol–water partition coefficient (Wildman–Crippen LogP) is 2.06. The number of carboxylic acids is 1. The number of hydrogen-bond donors (Lipinski definition) is 2. The van der Waals surface area contributed by atoms with Crippen molar-refractivity contribution in [2.75, 3.05) is 13.2 Å². The van der Waals surface area contributed by atoms with Crippen LogP contribution in [0.4, 0.5) is 0 Å². The molecule has 0 amide bonds. The van der Waals surface area contributed by atoms with Gasteiger partial charge in [0.05, 0.1) is 6.61 Å². The zero-order valence-corrected chi connectivity index (χ0v) is 10.8. The SMILES string of the molecule is CC(C)C1CCC(OCCCO)(C(=O)O)CC1. The number of aliphatic hydroxyl groups is 1. The summed E-state index contributed by atoms with van der Waals surface area (Å²) in [6, 6.07) is 0. The van der Waals surface area contributed by atoms with Crippen molar-refractivity contribution in [2.45, 2.75) is 51.6 Å². The number of ether oxygens (including phenoxy) is 1. The summed E-state index contributed by atoms with van der Waals surface area (Å²) in [6.45, 7) is 4.75. The van der Waals surface area contributed by atoms with Crippen LogP contribution >= 0.6 is 0 Å². The minimum atomic E-state index is -0.999. The molecular formula is C13H24O4. The summed E-state index contributed by atoms with van der Waals surface area (Å²) in [5.41, 5.74) is -0.999. The second-order valence-electron chi connectivity index (χ2n) is 5.31. The first kappa shape index (κ1) is 14.5. The number of rotatable bonds is 6. The molecule has 0 saturated heterocycles. The Hall–Kier alpha value is -0.610. The summed E-state index contributed by atoms with van der Waals surface area (Å²) >= 11 is 0. The van der Waals surface area contributed by atoms with E-state index in [2.05, 4.69) is 13.8 Å². The number of carbonyl (C=O) groups is 1. The van der Waals surface area contributed by atoms with Gasteiger partial charge in [-0.05, 0) is 43.9 Å². The summed E-state index contributed by atoms with van der Waals surface area (Å²) < 4.78 is 5.54. The first-order chi connectivity index (χ1) is 8.02. The average Bonchev–Trinajstić information content (AvgIpc) is 2.29. The van der Waals surface area contributed by atoms with E-state index in [-0.39, 0.29) is 6.61 Å². The largest absolute Gasteiger partial charge is 0.479 e. The smallest absolute Gasteiger partial charge is 0.335 e. The van der Waals surface area contributed by atoms with E-state index >= 15 is 0 Å². The summed E-state index contributed by atoms with van der Waals surface area (Å²) in [6.07, 6.45) is 3.53. The Labute approximate surface area is 103 Å². The monoisotopic (exact) mass is 244 g/mol. The Balaban J connectivity index is 2.54. The van der Waals surface area contributed by atoms with Crippen LogP contribution in [0.1, 0.15) is 46.0 Å². The fourth-order valence-corrected chi connectivity index (χ4v) is 2.53. The molecule has 1 saturated carbocycles. The Morgan fingerprint density at radius 2 is 2.00 bits per heavy atom. The lowest BCUT2D eigenvalue weighted by atomic mass is 9.74. The highest BCUT2D eigenvalue weighted by molar-refractivity contribution is 5.77. The topological polar surface area (TPSA) is 66.8 Å². The Kier molecular flexibility index (Phi) is 5.40. The summed E-state index contributed by atoms with van der Waals surface area (Å²) in [4.78, 5) is 11.4. The van der Waals surface area contributed by atoms with Gasteiger partial charge in [-0.15, -0.1) is 0 Å². The van der Waals surface area contributed by atoms with Gasteiger partial charge in [-0.1, -0.05) is 13.8 Å². The van der Waals surface area contributed by atoms with Crippen LogP contribution in [-0.4, -0.2) is 35.0 Å². The normalized spacial score (nSPS) is 29.5. The van der Waals surface area contributed by atoms with Crippen molar-refractivity contribution < 1.29 is 19.7 Å². The summed E-state index contributed by atoms with van der Waals surface area (Å²) in [7, 11) is 0. The molecule has 0 unspecified atom stereocenters. The van der Waals surface area contributed by atoms with E-state index in [4.69, 9.17) is 9.84 Å². The molecule has 17 heavy (non-hydrogen) atoms. The van der Waals surface area contributed by atoms with E-state index in [9.17, 15) is 9.90 Å². The molecule has 0 bridgehead atoms. The van der Waals surface area contributed by atoms with Gasteiger partial charge in [-0.3, -0.25) is 0 Å². The minimum Gasteiger partial charge on any atom is -0.479 e. The third-order valence-corrected chi connectivity index (χ3v) is 3.85. The molecule has 0 atom stereocenters. The van der Waals surface area contributed by atoms with Crippen molar-refractivity contribution in [3.05, 3.63) is 0 Å². The third-order valence-electron chi connectivity index (χ3n) is 3.85. The van der Waals surface area contributed by atoms with E-state index in [1.165, 1.54) is 0 Å². The molecule has 0 radical (unpaired) electrons. The van der Waals surface area contributed by atoms with Crippen molar-refractivity contribution in [3.63, 3.8) is 0 Å². The van der Waals surface area contributed by atoms with Crippen LogP contribution < -0.4 is 0 Å². The molecule has 1 aliphatic rings. The molecule has 0 heterocycles. The molecule has 4 heteroatoms. The highest BCUT2D eigenvalue weighted by Gasteiger charge is 2.43. The van der Waals surface area contributed by atoms with Gasteiger partial charge in [0.25, 0.3) is 0 Å². The number of hydrogen-bond acceptors (Lipinski definition) is 3. The molecule has 1 aliphatic carbocycles. The zero-order chi connectivity index (χ0) is 12.9. The van der Waals surface area contributed by atoms with Gasteiger partial charge in [0.15, 0.2) is 5.60 Å². The molecule has 1 fully saturated rings. The molecule has 0 aromatic carbocycles. The lowest BCUT2D eigenvalue weighted by Gasteiger charge is -2.38. The van der Waals surface area contributed by atoms with E-state index < -0.39 is 11.6 Å². The number of aliphatic carboxylic acids is 1. The van der Waals surface area contributed by atoms with Crippen molar-refractivity contribution >= 4 is 5.97 Å². The molecule has 100 valence electrons. The van der Waals surface area contributed by atoms with Crippen molar-refractivity contribution in [1.29, 1.82) is 0 Å². The molecule has 0 aliphatic heterocycles. The second kappa shape index (κ2) is 6.36. The van der Waals surface area contributed by atoms with Gasteiger partial charge in [-0.2, -0.15) is 0 Å². The summed E-state index contributed by atoms with van der Waals surface area (Å²) in [5.74, 6) is 0.376. The van der Waals surface area contributed by atoms with Gasteiger partial charge in [0, 0.05) is 6.61 Å². The fraction of sp³-hybridized carbons (Fsp3) is 0.923. The van der Waals surface area contributed by atoms with Crippen LogP contribution in [0.3, 0.4) is 0 Å². The first-order valence-corrected chi connectivity index (χ1v) is 6.50. The van der Waals surface area contributed by atoms with Crippen LogP contribution in [-0.2, 0) is 9.53 Å². The van der Waals surface area contributed by atoms with Gasteiger partial charge in [0.2, 0.25) is 0 Å². The standard InChI is InChI=1S/C13H24O4/c1-10(2)11-4-6-13(7-5-11,12(15)16)17-9-3-8-14/h10-11,14H,3-9H2,1-2H3,(H,15,16). The Morgan fingerprint density at radius 1 is 1.41 bits per heavy atom. The van der Waals surface area contributed by atoms with Gasteiger partial charge < -0.3 is 14.9 Å². The molecule has 0 spiro atoms. The highest BCUT2D eigenvalue weighted by atomic mass is 16.5. The second-order valence-corrected chi connectivity index (χ2v) is 5.31. The van der Waals surface area contributed by atoms with E-state index in [1.54, 1.807) is 0 Å². The quantitative estimate of drug-likeness (QED) is 0.702. The maximum Gasteiger partial charge on any atom is 0.335 e. The summed E-state index contributed by atoms with van der Waals surface area (Å²) in [5, 5.41) is 18.0. The minimum absolute atomic E-state index is 0.0460. The number of aliphatic hydroxyl groups excluding tert-OH is 1. The molecule has 4 nitrogen and oxygen atoms in total. The zero-order valence-electron chi connectivity index (χ0n) is 10.8. The molecular weight excluding hydrogens is 220 g/mol. The van der Waals surface area contributed by atoms with E-state index in [0.717, 1.165) is 12.8 Å². The predicted molar refractivity (Wildman–Crippen MR) is 64.8 cm³/mol. The first-order valence-electron chi connectivity index (χ1n) is 6.50. The third kappa shape index (κ3) is 3.68. The molecule has 0 aromatic rings. The fourth-order valence-electron chi connectivity index (χ4n) is 2.53. The molecule has 2 N–H and O–H groups in total. The van der Waals surface area contributed by atoms with Crippen LogP contribution in [0.2, 0.25) is 0 Å². The van der Waals surface area contributed by atoms with Gasteiger partial charge in [0.1, 0.15) is 0 Å². The van der Waals surface area contributed by atoms with Crippen molar-refractivity contribution in [3.8, 4) is 0 Å². The highest BCUT2D eigenvalue weighted by Crippen LogP contribution is 2.38. The molecule has 0 aromatic heterocycles. The lowest BCUT2D eigenvalue weighted by Crippen LogP contribution is -2.45. The van der Waals surface area contributed by atoms with Crippen molar-refractivity contribution in [2.24, 2.45) is 11.8 Å². The van der Waals surface area contributed by atoms with Gasteiger partial charge >= 0.3 is 5.97 Å². The van der Waals surface area contributed by atoms with E-state index in [0.29, 0.717) is 37.7 Å². The van der Waals surface area contributed by atoms with Crippen LogP contribution in [0.25, 0.3) is 0 Å². The molecule has 1 rings (SSSR count). The van der Waals surface area contributed by atoms with Gasteiger partial charge in [-0.25, -0.2) is 4.79 Å². The number of carboxylic acid groups (broad SMARTS) is 1. The van der Waals surface area contributed by atoms with Crippen LogP contribution in [0.15, 0.2) is 0 Å². The van der Waals surface area contributed by atoms with Crippen LogP contribution in [0.5, 0.6) is 0 Å². The van der Waals surface area contributed by atoms with Crippen LogP contribution in [0, 0.1) is 11.8 Å². The average molecular weight is 244 g/mol. The Bertz CT molecular complexity index is 242. The van der Waals surface area contributed by atoms with Crippen molar-refractivity contribution in [1.82, 2.24) is 0 Å².